The molecule has 2 rings (SSSR count). The first-order valence-electron chi connectivity index (χ1n) is 7.70. The first-order chi connectivity index (χ1) is 12.1. The van der Waals surface area contributed by atoms with Gasteiger partial charge in [-0.05, 0) is 29.5 Å². The van der Waals surface area contributed by atoms with E-state index < -0.39 is 49.3 Å². The molecule has 13 heteroatoms. The maximum atomic E-state index is 11.9. The van der Waals surface area contributed by atoms with Gasteiger partial charge >= 0.3 is 13.3 Å². The van der Waals surface area contributed by atoms with Crippen molar-refractivity contribution in [1.82, 2.24) is 14.9 Å². The quantitative estimate of drug-likeness (QED) is 0.276. The van der Waals surface area contributed by atoms with Crippen LogP contribution in [-0.4, -0.2) is 57.0 Å². The first kappa shape index (κ1) is 21.3. The number of nitrogens with zero attached hydrogens (tertiary/aromatic N) is 1. The second-order valence-corrected chi connectivity index (χ2v) is 8.60. The van der Waals surface area contributed by atoms with Gasteiger partial charge in [0.2, 0.25) is 5.91 Å². The van der Waals surface area contributed by atoms with Crippen molar-refractivity contribution in [3.63, 3.8) is 0 Å². The van der Waals surface area contributed by atoms with Gasteiger partial charge in [-0.3, -0.25) is 23.7 Å². The van der Waals surface area contributed by atoms with Crippen molar-refractivity contribution in [3.8, 4) is 0 Å². The molecule has 0 aliphatic carbocycles. The number of aliphatic hydroxyl groups is 1. The van der Waals surface area contributed by atoms with E-state index in [1.165, 1.54) is 13.1 Å². The van der Waals surface area contributed by atoms with E-state index in [-0.39, 0.29) is 23.1 Å². The van der Waals surface area contributed by atoms with Crippen LogP contribution in [0.4, 0.5) is 0 Å². The smallest absolute Gasteiger partial charge is 0.337 e. The zero-order chi connectivity index (χ0) is 19.5. The van der Waals surface area contributed by atoms with Crippen LogP contribution in [0, 0.1) is 3.57 Å². The number of carbonyl (C=O) groups excluding carboxylic acids is 1. The van der Waals surface area contributed by atoms with Crippen molar-refractivity contribution in [2.45, 2.75) is 31.8 Å². The number of amides is 1. The van der Waals surface area contributed by atoms with E-state index in [4.69, 9.17) is 4.74 Å². The van der Waals surface area contributed by atoms with Crippen LogP contribution in [0.1, 0.15) is 19.6 Å². The third kappa shape index (κ3) is 5.47. The highest BCUT2D eigenvalue weighted by atomic mass is 127. The van der Waals surface area contributed by atoms with Crippen LogP contribution in [0.25, 0.3) is 0 Å². The summed E-state index contributed by atoms with van der Waals surface area (Å²) in [7, 11) is -4.00. The van der Waals surface area contributed by atoms with E-state index in [1.807, 2.05) is 0 Å². The molecule has 1 saturated heterocycles. The monoisotopic (exact) mass is 503 g/mol. The predicted molar refractivity (Wildman–Crippen MR) is 97.9 cm³/mol. The zero-order valence-electron chi connectivity index (χ0n) is 13.8. The minimum absolute atomic E-state index is 0.0000923. The molecule has 0 saturated carbocycles. The van der Waals surface area contributed by atoms with Gasteiger partial charge in [-0.25, -0.2) is 4.79 Å². The fourth-order valence-corrected chi connectivity index (χ4v) is 3.85. The zero-order valence-corrected chi connectivity index (χ0v) is 16.8. The number of carbonyl (C=O) groups is 1. The Morgan fingerprint density at radius 2 is 2.27 bits per heavy atom. The standard InChI is InChI=1S/C13H19IN3O8P/c1-2-24-26(22,23)6-10(19)15-4-9-8(18)3-11(25-9)17-5-7(14)12(20)16-13(17)21/h5,8-9,11,18H,2-4,6H2,1H3,(H,15,19)(H,22,23)(H,16,20,21)/t8-,9+,11+/m0/s1. The van der Waals surface area contributed by atoms with E-state index in [1.54, 1.807) is 22.6 Å². The molecule has 1 aliphatic heterocycles. The molecule has 4 atom stereocenters. The molecular formula is C13H19IN3O8P. The van der Waals surface area contributed by atoms with Crippen LogP contribution in [0.5, 0.6) is 0 Å². The van der Waals surface area contributed by atoms with E-state index in [0.29, 0.717) is 0 Å². The van der Waals surface area contributed by atoms with Gasteiger partial charge in [0.25, 0.3) is 5.56 Å². The third-order valence-electron chi connectivity index (χ3n) is 3.61. The molecule has 1 aromatic heterocycles. The molecule has 1 aromatic rings. The van der Waals surface area contributed by atoms with Gasteiger partial charge in [-0.15, -0.1) is 0 Å². The fraction of sp³-hybridized carbons (Fsp3) is 0.615. The number of aromatic amines is 1. The molecule has 0 spiro atoms. The summed E-state index contributed by atoms with van der Waals surface area (Å²) in [5, 5.41) is 12.5. The van der Waals surface area contributed by atoms with E-state index >= 15 is 0 Å². The molecule has 2 heterocycles. The topological polar surface area (TPSA) is 160 Å². The number of halogens is 1. The average Bonchev–Trinajstić information content (AvgIpc) is 2.89. The molecule has 0 radical (unpaired) electrons. The molecule has 11 nitrogen and oxygen atoms in total. The Balaban J connectivity index is 1.96. The number of rotatable bonds is 7. The second-order valence-electron chi connectivity index (χ2n) is 5.59. The summed E-state index contributed by atoms with van der Waals surface area (Å²) >= 11 is 1.77. The molecular weight excluding hydrogens is 484 g/mol. The highest BCUT2D eigenvalue weighted by molar-refractivity contribution is 14.1. The van der Waals surface area contributed by atoms with Gasteiger partial charge in [0.05, 0.1) is 16.3 Å². The van der Waals surface area contributed by atoms with Gasteiger partial charge in [0, 0.05) is 19.2 Å². The van der Waals surface area contributed by atoms with Crippen molar-refractivity contribution in [1.29, 1.82) is 0 Å². The molecule has 0 aromatic carbocycles. The van der Waals surface area contributed by atoms with Crippen molar-refractivity contribution >= 4 is 36.1 Å². The number of aromatic nitrogens is 2. The minimum Gasteiger partial charge on any atom is -0.390 e. The summed E-state index contributed by atoms with van der Waals surface area (Å²) in [5.41, 5.74) is -1.19. The number of ether oxygens (including phenoxy) is 1. The lowest BCUT2D eigenvalue weighted by atomic mass is 10.2. The number of H-pyrrole nitrogens is 1. The van der Waals surface area contributed by atoms with Crippen LogP contribution in [0.3, 0.4) is 0 Å². The second kappa shape index (κ2) is 8.76. The number of hydrogen-bond acceptors (Lipinski definition) is 7. The summed E-state index contributed by atoms with van der Waals surface area (Å²) < 4.78 is 23.2. The fourth-order valence-electron chi connectivity index (χ4n) is 2.44. The van der Waals surface area contributed by atoms with Crippen molar-refractivity contribution in [3.05, 3.63) is 30.6 Å². The maximum Gasteiger partial charge on any atom is 0.337 e. The SMILES string of the molecule is CCOP(=O)(O)CC(=O)NC[C@H]1O[C@@H](n2cc(I)c(=O)[nH]c2=O)C[C@@H]1O. The Morgan fingerprint density at radius 3 is 2.92 bits per heavy atom. The first-order valence-corrected chi connectivity index (χ1v) is 10.5. The van der Waals surface area contributed by atoms with Crippen LogP contribution in [0.15, 0.2) is 15.8 Å². The normalized spacial score (nSPS) is 25.0. The molecule has 4 N–H and O–H groups in total. The Morgan fingerprint density at radius 1 is 1.58 bits per heavy atom. The highest BCUT2D eigenvalue weighted by Gasteiger charge is 2.36. The summed E-state index contributed by atoms with van der Waals surface area (Å²) in [5.74, 6) is -0.723. The lowest BCUT2D eigenvalue weighted by Gasteiger charge is -2.17. The summed E-state index contributed by atoms with van der Waals surface area (Å²) in [6, 6.07) is 0. The summed E-state index contributed by atoms with van der Waals surface area (Å²) in [6.07, 6.45) is -1.89. The molecule has 1 amide bonds. The third-order valence-corrected chi connectivity index (χ3v) is 5.73. The average molecular weight is 503 g/mol. The van der Waals surface area contributed by atoms with Crippen molar-refractivity contribution < 1.29 is 28.6 Å². The van der Waals surface area contributed by atoms with Crippen molar-refractivity contribution in [2.24, 2.45) is 0 Å². The summed E-state index contributed by atoms with van der Waals surface area (Å²) in [6.45, 7) is 1.42. The highest BCUT2D eigenvalue weighted by Crippen LogP contribution is 2.41. The van der Waals surface area contributed by atoms with Gasteiger partial charge in [0.1, 0.15) is 18.5 Å². The Kier molecular flexibility index (Phi) is 7.16. The predicted octanol–water partition coefficient (Wildman–Crippen LogP) is -0.872. The lowest BCUT2D eigenvalue weighted by molar-refractivity contribution is -0.120. The lowest BCUT2D eigenvalue weighted by Crippen LogP contribution is -2.38. The Bertz CT molecular complexity index is 824. The van der Waals surface area contributed by atoms with Crippen molar-refractivity contribution in [2.75, 3.05) is 19.3 Å². The molecule has 146 valence electrons. The van der Waals surface area contributed by atoms with Crippen LogP contribution in [-0.2, 0) is 18.6 Å². The van der Waals surface area contributed by atoms with E-state index in [0.717, 1.165) is 4.57 Å². The number of nitrogens with one attached hydrogen (secondary N) is 2. The van der Waals surface area contributed by atoms with E-state index in [9.17, 15) is 28.9 Å². The van der Waals surface area contributed by atoms with Crippen LogP contribution >= 0.6 is 30.2 Å². The van der Waals surface area contributed by atoms with Gasteiger partial charge in [0.15, 0.2) is 0 Å². The molecule has 1 fully saturated rings. The van der Waals surface area contributed by atoms with Gasteiger partial charge < -0.3 is 24.6 Å². The Hall–Kier alpha value is -1.05. The van der Waals surface area contributed by atoms with E-state index in [2.05, 4.69) is 14.8 Å². The molecule has 0 bridgehead atoms. The van der Waals surface area contributed by atoms with Crippen LogP contribution < -0.4 is 16.6 Å². The minimum atomic E-state index is -4.00. The van der Waals surface area contributed by atoms with Crippen LogP contribution in [0.2, 0.25) is 0 Å². The summed E-state index contributed by atoms with van der Waals surface area (Å²) in [4.78, 5) is 46.6. The Labute approximate surface area is 161 Å². The molecule has 1 unspecified atom stereocenters. The number of hydrogen-bond donors (Lipinski definition) is 4. The molecule has 26 heavy (non-hydrogen) atoms. The molecule has 1 aliphatic rings. The number of aliphatic hydroxyl groups excluding tert-OH is 1. The van der Waals surface area contributed by atoms with Gasteiger partial charge in [-0.1, -0.05) is 0 Å². The largest absolute Gasteiger partial charge is 0.390 e. The van der Waals surface area contributed by atoms with Gasteiger partial charge in [-0.2, -0.15) is 0 Å². The maximum absolute atomic E-state index is 11.9.